The van der Waals surface area contributed by atoms with E-state index in [9.17, 15) is 13.6 Å². The SMILES string of the molecule is Cc1cc(-c2ccc(C=O)cc2F)ccc1F. The lowest BCUT2D eigenvalue weighted by atomic mass is 10.0. The molecule has 0 aliphatic rings. The van der Waals surface area contributed by atoms with Crippen molar-refractivity contribution in [3.05, 3.63) is 59.2 Å². The molecule has 2 aromatic rings. The molecule has 0 aromatic heterocycles. The standard InChI is InChI=1S/C14H10F2O/c1-9-6-11(3-5-13(9)15)12-4-2-10(8-17)7-14(12)16/h2-8H,1H3. The third-order valence-corrected chi connectivity index (χ3v) is 2.60. The highest BCUT2D eigenvalue weighted by Crippen LogP contribution is 2.25. The van der Waals surface area contributed by atoms with E-state index < -0.39 is 5.82 Å². The van der Waals surface area contributed by atoms with Crippen LogP contribution >= 0.6 is 0 Å². The van der Waals surface area contributed by atoms with Gasteiger partial charge in [0.05, 0.1) is 0 Å². The topological polar surface area (TPSA) is 17.1 Å². The average molecular weight is 232 g/mol. The highest BCUT2D eigenvalue weighted by atomic mass is 19.1. The molecular formula is C14H10F2O. The third-order valence-electron chi connectivity index (χ3n) is 2.60. The van der Waals surface area contributed by atoms with E-state index in [1.54, 1.807) is 13.0 Å². The van der Waals surface area contributed by atoms with Crippen LogP contribution in [0, 0.1) is 18.6 Å². The molecule has 0 aliphatic carbocycles. The van der Waals surface area contributed by atoms with E-state index in [-0.39, 0.29) is 11.4 Å². The van der Waals surface area contributed by atoms with Gasteiger partial charge in [-0.2, -0.15) is 0 Å². The summed E-state index contributed by atoms with van der Waals surface area (Å²) in [4.78, 5) is 10.5. The van der Waals surface area contributed by atoms with E-state index in [1.165, 1.54) is 30.3 Å². The first-order valence-electron chi connectivity index (χ1n) is 5.13. The van der Waals surface area contributed by atoms with Crippen molar-refractivity contribution in [3.63, 3.8) is 0 Å². The number of aryl methyl sites for hydroxylation is 1. The summed E-state index contributed by atoms with van der Waals surface area (Å²) < 4.78 is 26.8. The van der Waals surface area contributed by atoms with Crippen LogP contribution in [0.5, 0.6) is 0 Å². The molecular weight excluding hydrogens is 222 g/mol. The molecule has 0 amide bonds. The van der Waals surface area contributed by atoms with Gasteiger partial charge in [0.25, 0.3) is 0 Å². The number of halogens is 2. The Morgan fingerprint density at radius 3 is 2.35 bits per heavy atom. The Bertz CT molecular complexity index is 576. The molecule has 86 valence electrons. The Morgan fingerprint density at radius 2 is 1.76 bits per heavy atom. The maximum atomic E-state index is 13.7. The van der Waals surface area contributed by atoms with Crippen molar-refractivity contribution in [3.8, 4) is 11.1 Å². The number of carbonyl (C=O) groups is 1. The zero-order chi connectivity index (χ0) is 12.4. The first kappa shape index (κ1) is 11.5. The summed E-state index contributed by atoms with van der Waals surface area (Å²) in [7, 11) is 0. The molecule has 0 atom stereocenters. The van der Waals surface area contributed by atoms with Gasteiger partial charge >= 0.3 is 0 Å². The Hall–Kier alpha value is -2.03. The van der Waals surface area contributed by atoms with Gasteiger partial charge in [0.1, 0.15) is 17.9 Å². The van der Waals surface area contributed by atoms with Gasteiger partial charge in [0, 0.05) is 11.1 Å². The average Bonchev–Trinajstić information content (AvgIpc) is 2.32. The van der Waals surface area contributed by atoms with E-state index in [1.807, 2.05) is 0 Å². The summed E-state index contributed by atoms with van der Waals surface area (Å²) in [5.41, 5.74) is 1.70. The molecule has 0 unspecified atom stereocenters. The fraction of sp³-hybridized carbons (Fsp3) is 0.0714. The molecule has 0 heterocycles. The highest BCUT2D eigenvalue weighted by molar-refractivity contribution is 5.77. The summed E-state index contributed by atoms with van der Waals surface area (Å²) in [6.45, 7) is 1.62. The summed E-state index contributed by atoms with van der Waals surface area (Å²) in [5.74, 6) is -0.806. The molecule has 0 saturated carbocycles. The van der Waals surface area contributed by atoms with E-state index in [2.05, 4.69) is 0 Å². The van der Waals surface area contributed by atoms with E-state index in [0.29, 0.717) is 23.0 Å². The number of hydrogen-bond acceptors (Lipinski definition) is 1. The molecule has 0 bridgehead atoms. The molecule has 0 saturated heterocycles. The van der Waals surface area contributed by atoms with Crippen LogP contribution in [0.1, 0.15) is 15.9 Å². The Balaban J connectivity index is 2.52. The van der Waals surface area contributed by atoms with Crippen molar-refractivity contribution in [2.75, 3.05) is 0 Å². The van der Waals surface area contributed by atoms with Gasteiger partial charge in [-0.1, -0.05) is 18.2 Å². The number of rotatable bonds is 2. The summed E-state index contributed by atoms with van der Waals surface area (Å²) >= 11 is 0. The van der Waals surface area contributed by atoms with Crippen LogP contribution in [0.3, 0.4) is 0 Å². The minimum Gasteiger partial charge on any atom is -0.298 e. The Kier molecular flexibility index (Phi) is 3.00. The van der Waals surface area contributed by atoms with Crippen LogP contribution < -0.4 is 0 Å². The second kappa shape index (κ2) is 4.45. The molecule has 17 heavy (non-hydrogen) atoms. The van der Waals surface area contributed by atoms with Crippen molar-refractivity contribution in [1.29, 1.82) is 0 Å². The Morgan fingerprint density at radius 1 is 1.00 bits per heavy atom. The van der Waals surface area contributed by atoms with Crippen LogP contribution in [0.25, 0.3) is 11.1 Å². The largest absolute Gasteiger partial charge is 0.298 e. The van der Waals surface area contributed by atoms with Gasteiger partial charge in [0.2, 0.25) is 0 Å². The van der Waals surface area contributed by atoms with Crippen molar-refractivity contribution in [2.45, 2.75) is 6.92 Å². The van der Waals surface area contributed by atoms with Gasteiger partial charge in [-0.3, -0.25) is 4.79 Å². The second-order valence-electron chi connectivity index (χ2n) is 3.82. The maximum Gasteiger partial charge on any atom is 0.150 e. The maximum absolute atomic E-state index is 13.7. The van der Waals surface area contributed by atoms with Crippen LogP contribution in [-0.4, -0.2) is 6.29 Å². The zero-order valence-electron chi connectivity index (χ0n) is 9.21. The third kappa shape index (κ3) is 2.23. The number of carbonyl (C=O) groups excluding carboxylic acids is 1. The van der Waals surface area contributed by atoms with Gasteiger partial charge < -0.3 is 0 Å². The van der Waals surface area contributed by atoms with E-state index in [0.717, 1.165) is 0 Å². The molecule has 0 spiro atoms. The molecule has 2 aromatic carbocycles. The fourth-order valence-corrected chi connectivity index (χ4v) is 1.65. The van der Waals surface area contributed by atoms with Crippen LogP contribution in [-0.2, 0) is 0 Å². The smallest absolute Gasteiger partial charge is 0.150 e. The van der Waals surface area contributed by atoms with E-state index >= 15 is 0 Å². The lowest BCUT2D eigenvalue weighted by Gasteiger charge is -2.05. The van der Waals surface area contributed by atoms with Crippen LogP contribution in [0.15, 0.2) is 36.4 Å². The van der Waals surface area contributed by atoms with Crippen molar-refractivity contribution < 1.29 is 13.6 Å². The summed E-state index contributed by atoms with van der Waals surface area (Å²) in [6, 6.07) is 8.62. The number of aldehydes is 1. The number of hydrogen-bond donors (Lipinski definition) is 0. The number of benzene rings is 2. The lowest BCUT2D eigenvalue weighted by Crippen LogP contribution is -1.90. The van der Waals surface area contributed by atoms with E-state index in [4.69, 9.17) is 0 Å². The molecule has 0 aliphatic heterocycles. The van der Waals surface area contributed by atoms with Crippen LogP contribution in [0.4, 0.5) is 8.78 Å². The molecule has 0 radical (unpaired) electrons. The van der Waals surface area contributed by atoms with Gasteiger partial charge in [-0.25, -0.2) is 8.78 Å². The summed E-state index contributed by atoms with van der Waals surface area (Å²) in [6.07, 6.45) is 0.586. The quantitative estimate of drug-likeness (QED) is 0.720. The van der Waals surface area contributed by atoms with Gasteiger partial charge in [-0.15, -0.1) is 0 Å². The Labute approximate surface area is 97.7 Å². The molecule has 1 nitrogen and oxygen atoms in total. The summed E-state index contributed by atoms with van der Waals surface area (Å²) in [5, 5.41) is 0. The second-order valence-corrected chi connectivity index (χ2v) is 3.82. The van der Waals surface area contributed by atoms with Crippen LogP contribution in [0.2, 0.25) is 0 Å². The molecule has 0 fully saturated rings. The fourth-order valence-electron chi connectivity index (χ4n) is 1.65. The highest BCUT2D eigenvalue weighted by Gasteiger charge is 2.07. The monoisotopic (exact) mass is 232 g/mol. The first-order chi connectivity index (χ1) is 8.11. The van der Waals surface area contributed by atoms with Gasteiger partial charge in [-0.05, 0) is 36.2 Å². The van der Waals surface area contributed by atoms with Crippen molar-refractivity contribution in [2.24, 2.45) is 0 Å². The minimum atomic E-state index is -0.486. The lowest BCUT2D eigenvalue weighted by molar-refractivity contribution is 0.112. The molecule has 2 rings (SSSR count). The zero-order valence-corrected chi connectivity index (χ0v) is 9.21. The predicted molar refractivity (Wildman–Crippen MR) is 61.9 cm³/mol. The van der Waals surface area contributed by atoms with Crippen molar-refractivity contribution >= 4 is 6.29 Å². The predicted octanol–water partition coefficient (Wildman–Crippen LogP) is 3.75. The first-order valence-corrected chi connectivity index (χ1v) is 5.13. The van der Waals surface area contributed by atoms with Crippen molar-refractivity contribution in [1.82, 2.24) is 0 Å². The molecule has 3 heteroatoms. The van der Waals surface area contributed by atoms with Gasteiger partial charge in [0.15, 0.2) is 0 Å². The normalized spacial score (nSPS) is 10.3. The minimum absolute atomic E-state index is 0.282. The molecule has 0 N–H and O–H groups in total.